The predicted octanol–water partition coefficient (Wildman–Crippen LogP) is 2.76. The molecule has 3 nitrogen and oxygen atoms in total. The Bertz CT molecular complexity index is 483. The molecule has 0 radical (unpaired) electrons. The number of nitrogens with one attached hydrogen (secondary N) is 1. The van der Waals surface area contributed by atoms with Gasteiger partial charge in [-0.1, -0.05) is 28.9 Å². The van der Waals surface area contributed by atoms with Gasteiger partial charge in [-0.05, 0) is 43.5 Å². The summed E-state index contributed by atoms with van der Waals surface area (Å²) in [7, 11) is -3.37. The van der Waals surface area contributed by atoms with E-state index in [2.05, 4.69) is 20.7 Å². The molecule has 0 saturated carbocycles. The van der Waals surface area contributed by atoms with Gasteiger partial charge in [0.15, 0.2) is 0 Å². The van der Waals surface area contributed by atoms with Crippen molar-refractivity contribution in [2.45, 2.75) is 36.9 Å². The zero-order valence-electron chi connectivity index (χ0n) is 10.3. The van der Waals surface area contributed by atoms with Gasteiger partial charge in [-0.2, -0.15) is 0 Å². The second-order valence-corrected chi connectivity index (χ2v) is 7.54. The minimum Gasteiger partial charge on any atom is -0.211 e. The molecule has 17 heavy (non-hydrogen) atoms. The molecule has 1 atom stereocenters. The number of benzene rings is 1. The molecule has 1 N–H and O–H groups in total. The topological polar surface area (TPSA) is 46.2 Å². The highest BCUT2D eigenvalue weighted by atomic mass is 79.9. The lowest BCUT2D eigenvalue weighted by Gasteiger charge is -2.09. The first-order valence-electron chi connectivity index (χ1n) is 5.54. The van der Waals surface area contributed by atoms with Crippen molar-refractivity contribution in [1.82, 2.24) is 4.72 Å². The zero-order chi connectivity index (χ0) is 13.1. The molecule has 0 heterocycles. The third-order valence-electron chi connectivity index (χ3n) is 2.62. The molecule has 0 aliphatic heterocycles. The van der Waals surface area contributed by atoms with E-state index in [1.807, 2.05) is 26.8 Å². The Hall–Kier alpha value is -0.390. The Balaban J connectivity index is 2.79. The molecular formula is C12H18BrNO2S. The summed E-state index contributed by atoms with van der Waals surface area (Å²) in [5.74, 6) is 0. The zero-order valence-corrected chi connectivity index (χ0v) is 12.7. The Morgan fingerprint density at radius 2 is 1.94 bits per heavy atom. The largest absolute Gasteiger partial charge is 0.240 e. The van der Waals surface area contributed by atoms with Crippen molar-refractivity contribution in [2.24, 2.45) is 0 Å². The van der Waals surface area contributed by atoms with Crippen LogP contribution in [0.4, 0.5) is 0 Å². The van der Waals surface area contributed by atoms with E-state index in [-0.39, 0.29) is 0 Å². The number of alkyl halides is 1. The fourth-order valence-electron chi connectivity index (χ4n) is 1.36. The van der Waals surface area contributed by atoms with Crippen LogP contribution in [0.15, 0.2) is 23.1 Å². The highest BCUT2D eigenvalue weighted by molar-refractivity contribution is 9.09. The normalized spacial score (nSPS) is 13.6. The molecule has 1 rings (SSSR count). The Kier molecular flexibility index (Phi) is 5.16. The summed E-state index contributed by atoms with van der Waals surface area (Å²) >= 11 is 3.38. The number of hydrogen-bond acceptors (Lipinski definition) is 2. The molecule has 0 spiro atoms. The molecule has 1 unspecified atom stereocenters. The number of rotatable bonds is 5. The average molecular weight is 320 g/mol. The van der Waals surface area contributed by atoms with Crippen molar-refractivity contribution < 1.29 is 8.42 Å². The molecule has 0 aromatic heterocycles. The Morgan fingerprint density at radius 1 is 1.29 bits per heavy atom. The maximum absolute atomic E-state index is 12.0. The van der Waals surface area contributed by atoms with Crippen LogP contribution < -0.4 is 4.72 Å². The number of halogens is 1. The molecule has 1 aromatic rings. The summed E-state index contributed by atoms with van der Waals surface area (Å²) in [5, 5.41) is 0. The number of sulfonamides is 1. The second kappa shape index (κ2) is 5.98. The third kappa shape index (κ3) is 4.41. The van der Waals surface area contributed by atoms with Crippen molar-refractivity contribution in [2.75, 3.05) is 6.54 Å². The van der Waals surface area contributed by atoms with Gasteiger partial charge in [0, 0.05) is 11.4 Å². The molecule has 5 heteroatoms. The maximum atomic E-state index is 12.0. The van der Waals surface area contributed by atoms with E-state index in [0.29, 0.717) is 16.3 Å². The summed E-state index contributed by atoms with van der Waals surface area (Å²) < 4.78 is 26.5. The molecule has 0 amide bonds. The first kappa shape index (κ1) is 14.7. The summed E-state index contributed by atoms with van der Waals surface area (Å²) in [6.07, 6.45) is 0.768. The van der Waals surface area contributed by atoms with E-state index in [1.54, 1.807) is 12.1 Å². The maximum Gasteiger partial charge on any atom is 0.240 e. The van der Waals surface area contributed by atoms with Crippen LogP contribution in [-0.4, -0.2) is 19.8 Å². The van der Waals surface area contributed by atoms with Gasteiger partial charge in [-0.3, -0.25) is 0 Å². The van der Waals surface area contributed by atoms with Crippen LogP contribution in [0, 0.1) is 13.8 Å². The highest BCUT2D eigenvalue weighted by Gasteiger charge is 2.14. The van der Waals surface area contributed by atoms with Gasteiger partial charge >= 0.3 is 0 Å². The van der Waals surface area contributed by atoms with Gasteiger partial charge in [0.25, 0.3) is 0 Å². The lowest BCUT2D eigenvalue weighted by atomic mass is 10.1. The molecule has 0 aliphatic carbocycles. The van der Waals surface area contributed by atoms with Crippen LogP contribution in [0.1, 0.15) is 24.5 Å². The minimum absolute atomic E-state index is 0.310. The number of hydrogen-bond donors (Lipinski definition) is 1. The Labute approximate surface area is 112 Å². The smallest absolute Gasteiger partial charge is 0.211 e. The molecule has 0 aliphatic rings. The minimum atomic E-state index is -3.37. The van der Waals surface area contributed by atoms with E-state index in [1.165, 1.54) is 0 Å². The quantitative estimate of drug-likeness (QED) is 0.848. The van der Waals surface area contributed by atoms with E-state index >= 15 is 0 Å². The highest BCUT2D eigenvalue weighted by Crippen LogP contribution is 2.14. The first-order valence-corrected chi connectivity index (χ1v) is 7.94. The van der Waals surface area contributed by atoms with Crippen LogP contribution in [0.2, 0.25) is 0 Å². The molecule has 96 valence electrons. The summed E-state index contributed by atoms with van der Waals surface area (Å²) in [4.78, 5) is 0.646. The summed E-state index contributed by atoms with van der Waals surface area (Å²) in [6.45, 7) is 6.31. The van der Waals surface area contributed by atoms with Crippen LogP contribution in [0.5, 0.6) is 0 Å². The molecular weight excluding hydrogens is 302 g/mol. The second-order valence-electron chi connectivity index (χ2n) is 4.21. The first-order chi connectivity index (χ1) is 7.83. The van der Waals surface area contributed by atoms with Crippen LogP contribution in [0.25, 0.3) is 0 Å². The fraction of sp³-hybridized carbons (Fsp3) is 0.500. The third-order valence-corrected chi connectivity index (χ3v) is 4.54. The SMILES string of the molecule is Cc1ccc(S(=O)(=O)NCCC(C)Br)cc1C. The van der Waals surface area contributed by atoms with E-state index < -0.39 is 10.0 Å². The summed E-state index contributed by atoms with van der Waals surface area (Å²) in [6, 6.07) is 5.18. The van der Waals surface area contributed by atoms with Gasteiger partial charge in [-0.15, -0.1) is 0 Å². The van der Waals surface area contributed by atoms with Crippen LogP contribution in [-0.2, 0) is 10.0 Å². The molecule has 0 bridgehead atoms. The Morgan fingerprint density at radius 3 is 2.47 bits per heavy atom. The van der Waals surface area contributed by atoms with Crippen molar-refractivity contribution in [3.8, 4) is 0 Å². The number of aryl methyl sites for hydroxylation is 2. The lowest BCUT2D eigenvalue weighted by molar-refractivity contribution is 0.579. The lowest BCUT2D eigenvalue weighted by Crippen LogP contribution is -2.26. The van der Waals surface area contributed by atoms with E-state index in [0.717, 1.165) is 17.5 Å². The molecule has 1 aromatic carbocycles. The van der Waals surface area contributed by atoms with Gasteiger partial charge < -0.3 is 0 Å². The van der Waals surface area contributed by atoms with Crippen molar-refractivity contribution >= 4 is 26.0 Å². The van der Waals surface area contributed by atoms with Gasteiger partial charge in [0.1, 0.15) is 0 Å². The van der Waals surface area contributed by atoms with Crippen LogP contribution in [0.3, 0.4) is 0 Å². The van der Waals surface area contributed by atoms with Crippen LogP contribution >= 0.6 is 15.9 Å². The average Bonchev–Trinajstić information content (AvgIpc) is 2.21. The van der Waals surface area contributed by atoms with E-state index in [9.17, 15) is 8.42 Å². The van der Waals surface area contributed by atoms with E-state index in [4.69, 9.17) is 0 Å². The van der Waals surface area contributed by atoms with Gasteiger partial charge in [0.05, 0.1) is 4.90 Å². The molecule has 0 saturated heterocycles. The van der Waals surface area contributed by atoms with Gasteiger partial charge in [0.2, 0.25) is 10.0 Å². The standard InChI is InChI=1S/C12H18BrNO2S/c1-9-4-5-12(8-10(9)2)17(15,16)14-7-6-11(3)13/h4-5,8,11,14H,6-7H2,1-3H3. The van der Waals surface area contributed by atoms with Crippen molar-refractivity contribution in [3.63, 3.8) is 0 Å². The predicted molar refractivity (Wildman–Crippen MR) is 74.1 cm³/mol. The monoisotopic (exact) mass is 319 g/mol. The molecule has 0 fully saturated rings. The fourth-order valence-corrected chi connectivity index (χ4v) is 2.72. The van der Waals surface area contributed by atoms with Gasteiger partial charge in [-0.25, -0.2) is 13.1 Å². The van der Waals surface area contributed by atoms with Crippen molar-refractivity contribution in [3.05, 3.63) is 29.3 Å². The van der Waals surface area contributed by atoms with Crippen molar-refractivity contribution in [1.29, 1.82) is 0 Å². The summed E-state index contributed by atoms with van der Waals surface area (Å²) in [5.41, 5.74) is 2.08.